The van der Waals surface area contributed by atoms with Gasteiger partial charge in [0.15, 0.2) is 0 Å². The molecule has 1 aliphatic rings. The molecule has 0 radical (unpaired) electrons. The van der Waals surface area contributed by atoms with Crippen LogP contribution < -0.4 is 21.3 Å². The number of anilines is 1. The quantitative estimate of drug-likeness (QED) is 0.362. The molecule has 4 N–H and O–H groups in total. The molecule has 0 spiro atoms. The molecule has 0 saturated carbocycles. The van der Waals surface area contributed by atoms with E-state index in [9.17, 15) is 9.59 Å². The molecule has 0 aromatic carbocycles. The third kappa shape index (κ3) is 7.26. The molecule has 0 unspecified atom stereocenters. The molecule has 1 aromatic heterocycles. The number of rotatable bonds is 10. The maximum absolute atomic E-state index is 11.7. The molecule has 2 rings (SSSR count). The molecule has 144 valence electrons. The van der Waals surface area contributed by atoms with Crippen LogP contribution in [0.25, 0.3) is 0 Å². The summed E-state index contributed by atoms with van der Waals surface area (Å²) in [6, 6.07) is 4.01. The normalized spacial score (nSPS) is 12.7. The highest BCUT2D eigenvalue weighted by Crippen LogP contribution is 2.19. The number of ether oxygens (including phenoxy) is 1. The van der Waals surface area contributed by atoms with Crippen LogP contribution in [-0.4, -0.2) is 56.3 Å². The van der Waals surface area contributed by atoms with Crippen LogP contribution >= 0.6 is 0 Å². The molecule has 0 aliphatic carbocycles. The first-order valence-corrected chi connectivity index (χ1v) is 9.29. The number of fused-ring (bicyclic) bond motifs is 1. The summed E-state index contributed by atoms with van der Waals surface area (Å²) in [5.41, 5.74) is 2.33. The lowest BCUT2D eigenvalue weighted by molar-refractivity contribution is -0.141. The molecule has 2 heterocycles. The van der Waals surface area contributed by atoms with E-state index >= 15 is 0 Å². The highest BCUT2D eigenvalue weighted by atomic mass is 16.5. The average Bonchev–Trinajstić information content (AvgIpc) is 2.65. The van der Waals surface area contributed by atoms with Gasteiger partial charge in [0.2, 0.25) is 0 Å². The van der Waals surface area contributed by atoms with E-state index in [2.05, 4.69) is 38.4 Å². The molecule has 8 heteroatoms. The Morgan fingerprint density at radius 2 is 2.08 bits per heavy atom. The summed E-state index contributed by atoms with van der Waals surface area (Å²) >= 11 is 0. The third-order valence-corrected chi connectivity index (χ3v) is 4.01. The van der Waals surface area contributed by atoms with Crippen LogP contribution in [0.4, 0.5) is 10.6 Å². The fourth-order valence-electron chi connectivity index (χ4n) is 2.71. The summed E-state index contributed by atoms with van der Waals surface area (Å²) in [6.07, 6.45) is 3.91. The van der Waals surface area contributed by atoms with Crippen molar-refractivity contribution in [2.75, 3.05) is 44.6 Å². The lowest BCUT2D eigenvalue weighted by atomic mass is 10.1. The number of carbonyl (C=O) groups is 2. The number of aryl methyl sites for hydroxylation is 2. The maximum atomic E-state index is 11.7. The average molecular weight is 363 g/mol. The van der Waals surface area contributed by atoms with Gasteiger partial charge in [0.05, 0.1) is 13.2 Å². The number of pyridine rings is 1. The van der Waals surface area contributed by atoms with Gasteiger partial charge >= 0.3 is 12.0 Å². The van der Waals surface area contributed by atoms with Gasteiger partial charge in [-0.2, -0.15) is 0 Å². The molecule has 1 aliphatic heterocycles. The molecule has 8 nitrogen and oxygen atoms in total. The van der Waals surface area contributed by atoms with E-state index < -0.39 is 0 Å². The Kier molecular flexibility index (Phi) is 8.68. The number of urea groups is 1. The minimum Gasteiger partial charge on any atom is -0.465 e. The largest absolute Gasteiger partial charge is 0.465 e. The van der Waals surface area contributed by atoms with Gasteiger partial charge in [-0.15, -0.1) is 0 Å². The van der Waals surface area contributed by atoms with E-state index in [-0.39, 0.29) is 18.5 Å². The van der Waals surface area contributed by atoms with E-state index in [1.165, 1.54) is 5.56 Å². The second-order valence-electron chi connectivity index (χ2n) is 6.11. The van der Waals surface area contributed by atoms with Gasteiger partial charge in [-0.1, -0.05) is 6.07 Å². The Morgan fingerprint density at radius 1 is 1.23 bits per heavy atom. The van der Waals surface area contributed by atoms with Crippen LogP contribution in [0.3, 0.4) is 0 Å². The highest BCUT2D eigenvalue weighted by molar-refractivity contribution is 5.73. The summed E-state index contributed by atoms with van der Waals surface area (Å²) in [6.45, 7) is 4.83. The molecule has 0 saturated heterocycles. The summed E-state index contributed by atoms with van der Waals surface area (Å²) in [4.78, 5) is 27.4. The lowest BCUT2D eigenvalue weighted by Crippen LogP contribution is -2.40. The number of hydrogen-bond acceptors (Lipinski definition) is 6. The van der Waals surface area contributed by atoms with Crippen molar-refractivity contribution in [3.05, 3.63) is 23.4 Å². The lowest BCUT2D eigenvalue weighted by Gasteiger charge is -2.17. The van der Waals surface area contributed by atoms with Gasteiger partial charge in [0, 0.05) is 31.9 Å². The van der Waals surface area contributed by atoms with Gasteiger partial charge in [0.25, 0.3) is 0 Å². The van der Waals surface area contributed by atoms with Crippen LogP contribution in [0.5, 0.6) is 0 Å². The van der Waals surface area contributed by atoms with E-state index in [1.807, 2.05) is 0 Å². The third-order valence-electron chi connectivity index (χ3n) is 4.01. The maximum Gasteiger partial charge on any atom is 0.319 e. The van der Waals surface area contributed by atoms with Crippen molar-refractivity contribution >= 4 is 17.8 Å². The van der Waals surface area contributed by atoms with Gasteiger partial charge in [-0.25, -0.2) is 9.78 Å². The van der Waals surface area contributed by atoms with E-state index in [4.69, 9.17) is 4.74 Å². The molecular formula is C18H29N5O3. The Labute approximate surface area is 154 Å². The van der Waals surface area contributed by atoms with Crippen LogP contribution in [0.15, 0.2) is 12.1 Å². The fraction of sp³-hybridized carbons (Fsp3) is 0.611. The summed E-state index contributed by atoms with van der Waals surface area (Å²) in [5.74, 6) is 0.720. The highest BCUT2D eigenvalue weighted by Gasteiger charge is 2.10. The van der Waals surface area contributed by atoms with Crippen LogP contribution in [0.1, 0.15) is 31.0 Å². The minimum atomic E-state index is -0.289. The number of amides is 2. The van der Waals surface area contributed by atoms with Crippen molar-refractivity contribution in [1.82, 2.24) is 20.9 Å². The van der Waals surface area contributed by atoms with E-state index in [0.717, 1.165) is 43.7 Å². The Bertz CT molecular complexity index is 594. The molecule has 0 bridgehead atoms. The smallest absolute Gasteiger partial charge is 0.319 e. The second kappa shape index (κ2) is 11.3. The summed E-state index contributed by atoms with van der Waals surface area (Å²) in [7, 11) is 0. The number of nitrogens with one attached hydrogen (secondary N) is 4. The molecule has 0 atom stereocenters. The van der Waals surface area contributed by atoms with Gasteiger partial charge in [-0.3, -0.25) is 4.79 Å². The molecular weight excluding hydrogens is 334 g/mol. The number of aromatic nitrogens is 1. The molecule has 0 fully saturated rings. The second-order valence-corrected chi connectivity index (χ2v) is 6.11. The molecule has 2 amide bonds. The standard InChI is InChI=1S/C18H29N5O3/c1-2-26-16(24)13-19-11-12-22-18(25)21-10-4-6-15-8-7-14-5-3-9-20-17(14)23-15/h7-8,19H,2-6,9-13H2,1H3,(H,20,23)(H2,21,22,25). The first kappa shape index (κ1) is 20.0. The number of carbonyl (C=O) groups excluding carboxylic acids is 2. The predicted octanol–water partition coefficient (Wildman–Crippen LogP) is 0.824. The summed E-state index contributed by atoms with van der Waals surface area (Å²) in [5, 5.41) is 11.8. The number of nitrogens with zero attached hydrogens (tertiary/aromatic N) is 1. The zero-order valence-electron chi connectivity index (χ0n) is 15.4. The summed E-state index contributed by atoms with van der Waals surface area (Å²) < 4.78 is 4.79. The van der Waals surface area contributed by atoms with Crippen molar-refractivity contribution in [2.45, 2.75) is 32.6 Å². The van der Waals surface area contributed by atoms with E-state index in [1.54, 1.807) is 6.92 Å². The Hall–Kier alpha value is -2.35. The first-order valence-electron chi connectivity index (χ1n) is 9.29. The predicted molar refractivity (Wildman–Crippen MR) is 100 cm³/mol. The molecule has 1 aromatic rings. The number of hydrogen-bond donors (Lipinski definition) is 4. The van der Waals surface area contributed by atoms with E-state index in [0.29, 0.717) is 26.2 Å². The fourth-order valence-corrected chi connectivity index (χ4v) is 2.71. The Morgan fingerprint density at radius 3 is 2.92 bits per heavy atom. The van der Waals surface area contributed by atoms with Crippen molar-refractivity contribution in [1.29, 1.82) is 0 Å². The van der Waals surface area contributed by atoms with Gasteiger partial charge in [0.1, 0.15) is 5.82 Å². The number of esters is 1. The van der Waals surface area contributed by atoms with Crippen LogP contribution in [0.2, 0.25) is 0 Å². The minimum absolute atomic E-state index is 0.153. The zero-order valence-corrected chi connectivity index (χ0v) is 15.4. The van der Waals surface area contributed by atoms with Crippen molar-refractivity contribution in [3.8, 4) is 0 Å². The molecule has 26 heavy (non-hydrogen) atoms. The SMILES string of the molecule is CCOC(=O)CNCCNC(=O)NCCCc1ccc2c(n1)NCCC2. The zero-order chi connectivity index (χ0) is 18.6. The van der Waals surface area contributed by atoms with Crippen LogP contribution in [-0.2, 0) is 22.4 Å². The van der Waals surface area contributed by atoms with Crippen molar-refractivity contribution in [2.24, 2.45) is 0 Å². The van der Waals surface area contributed by atoms with Crippen molar-refractivity contribution in [3.63, 3.8) is 0 Å². The van der Waals surface area contributed by atoms with Gasteiger partial charge in [-0.05, 0) is 44.2 Å². The topological polar surface area (TPSA) is 104 Å². The Balaban J connectivity index is 1.51. The van der Waals surface area contributed by atoms with Crippen molar-refractivity contribution < 1.29 is 14.3 Å². The van der Waals surface area contributed by atoms with Gasteiger partial charge < -0.3 is 26.0 Å². The first-order chi connectivity index (χ1) is 12.7. The van der Waals surface area contributed by atoms with Crippen LogP contribution in [0, 0.1) is 0 Å². The monoisotopic (exact) mass is 363 g/mol.